The van der Waals surface area contributed by atoms with Crippen LogP contribution in [0, 0.1) is 5.41 Å². The van der Waals surface area contributed by atoms with Gasteiger partial charge in [-0.3, -0.25) is 0 Å². The molecule has 5 heteroatoms. The number of hydrogen-bond acceptors (Lipinski definition) is 0. The van der Waals surface area contributed by atoms with Gasteiger partial charge in [-0.25, -0.2) is 0 Å². The smallest absolute Gasteiger partial charge is 1.00 e. The van der Waals surface area contributed by atoms with Gasteiger partial charge < -0.3 is 24.8 Å². The minimum atomic E-state index is -1.47. The van der Waals surface area contributed by atoms with Crippen molar-refractivity contribution in [1.82, 2.24) is 0 Å². The van der Waals surface area contributed by atoms with Crippen LogP contribution in [0.5, 0.6) is 0 Å². The molecule has 0 saturated carbocycles. The van der Waals surface area contributed by atoms with E-state index in [9.17, 15) is 0 Å². The first-order chi connectivity index (χ1) is 13.9. The molecule has 0 aromatic heterocycles. The summed E-state index contributed by atoms with van der Waals surface area (Å²) in [5.41, 5.74) is 10.5. The molecule has 0 N–H and O–H groups in total. The molecule has 1 heterocycles. The quantitative estimate of drug-likeness (QED) is 0.480. The fourth-order valence-corrected chi connectivity index (χ4v) is 18.0. The van der Waals surface area contributed by atoms with Crippen molar-refractivity contribution < 1.29 is 48.0 Å². The van der Waals surface area contributed by atoms with Gasteiger partial charge in [-0.15, -0.1) is 0 Å². The summed E-state index contributed by atoms with van der Waals surface area (Å²) >= 11 is -0.734. The second-order valence-electron chi connectivity index (χ2n) is 11.9. The Morgan fingerprint density at radius 2 is 0.969 bits per heavy atom. The third kappa shape index (κ3) is 3.70. The van der Waals surface area contributed by atoms with Crippen LogP contribution in [0.2, 0.25) is 39.3 Å². The monoisotopic (exact) mass is 574 g/mol. The molecule has 32 heavy (non-hydrogen) atoms. The van der Waals surface area contributed by atoms with Gasteiger partial charge in [0.15, 0.2) is 0 Å². The van der Waals surface area contributed by atoms with Crippen LogP contribution in [-0.2, 0) is 23.2 Å². The van der Waals surface area contributed by atoms with Crippen LogP contribution in [0.4, 0.5) is 0 Å². The zero-order valence-electron chi connectivity index (χ0n) is 20.5. The van der Waals surface area contributed by atoms with Crippen LogP contribution < -0.4 is 24.8 Å². The number of halogens is 2. The van der Waals surface area contributed by atoms with E-state index < -0.39 is 39.4 Å². The van der Waals surface area contributed by atoms with Gasteiger partial charge in [0.1, 0.15) is 0 Å². The van der Waals surface area contributed by atoms with Gasteiger partial charge in [0, 0.05) is 0 Å². The van der Waals surface area contributed by atoms with Crippen molar-refractivity contribution in [2.24, 2.45) is 5.41 Å². The summed E-state index contributed by atoms with van der Waals surface area (Å²) in [6.45, 7) is 20.6. The first-order valence-corrected chi connectivity index (χ1v) is 21.2. The first-order valence-electron chi connectivity index (χ1n) is 11.4. The first kappa shape index (κ1) is 26.4. The molecule has 0 spiro atoms. The predicted molar refractivity (Wildman–Crippen MR) is 133 cm³/mol. The van der Waals surface area contributed by atoms with E-state index in [1.165, 1.54) is 0 Å². The summed E-state index contributed by atoms with van der Waals surface area (Å²) < 4.78 is 1.51. The van der Waals surface area contributed by atoms with Gasteiger partial charge in [-0.05, 0) is 0 Å². The second kappa shape index (κ2) is 8.49. The Morgan fingerprint density at radius 1 is 0.625 bits per heavy atom. The molecule has 2 unspecified atom stereocenters. The molecular weight excluding hydrogens is 543 g/mol. The molecule has 2 aromatic carbocycles. The number of rotatable bonds is 2. The summed E-state index contributed by atoms with van der Waals surface area (Å²) in [6, 6.07) is 19.0. The summed E-state index contributed by atoms with van der Waals surface area (Å²) in [7, 11) is -2.94. The third-order valence-corrected chi connectivity index (χ3v) is 16.0. The van der Waals surface area contributed by atoms with Gasteiger partial charge in [0.2, 0.25) is 0 Å². The molecule has 0 amide bonds. The van der Waals surface area contributed by atoms with Crippen LogP contribution in [0.15, 0.2) is 59.7 Å². The topological polar surface area (TPSA) is 0 Å². The maximum Gasteiger partial charge on any atom is -1.00 e. The fraction of sp³-hybridized carbons (Fsp3) is 0.407. The van der Waals surface area contributed by atoms with Crippen molar-refractivity contribution in [3.63, 3.8) is 0 Å². The SMILES string of the molecule is CC1(C)C2=C([Si](C)(C)C)c3ccccc3[CH]2[Zr+2][CH]2C1=C([Si](C)(C)C)c1ccccc12.[Cl-].[Cl-]. The molecule has 1 saturated heterocycles. The van der Waals surface area contributed by atoms with Crippen LogP contribution in [0.1, 0.15) is 43.4 Å². The van der Waals surface area contributed by atoms with Crippen molar-refractivity contribution in [3.8, 4) is 0 Å². The summed E-state index contributed by atoms with van der Waals surface area (Å²) in [5.74, 6) is 0. The van der Waals surface area contributed by atoms with Gasteiger partial charge >= 0.3 is 198 Å². The zero-order valence-corrected chi connectivity index (χ0v) is 26.5. The molecule has 5 rings (SSSR count). The van der Waals surface area contributed by atoms with E-state index in [2.05, 4.69) is 102 Å². The predicted octanol–water partition coefficient (Wildman–Crippen LogP) is 1.89. The Balaban J connectivity index is 0.00000144. The van der Waals surface area contributed by atoms with Crippen LogP contribution in [0.3, 0.4) is 0 Å². The largest absolute Gasteiger partial charge is 1.00 e. The normalized spacial score (nSPS) is 22.5. The number of benzene rings is 2. The van der Waals surface area contributed by atoms with Crippen molar-refractivity contribution >= 4 is 26.5 Å². The van der Waals surface area contributed by atoms with Gasteiger partial charge in [0.05, 0.1) is 0 Å². The Morgan fingerprint density at radius 3 is 1.31 bits per heavy atom. The molecule has 168 valence electrons. The minimum Gasteiger partial charge on any atom is -1.00 e. The van der Waals surface area contributed by atoms with Crippen molar-refractivity contribution in [3.05, 3.63) is 81.9 Å². The van der Waals surface area contributed by atoms with E-state index in [0.717, 1.165) is 7.25 Å². The zero-order chi connectivity index (χ0) is 21.6. The maximum atomic E-state index is 2.59. The van der Waals surface area contributed by atoms with Gasteiger partial charge in [0.25, 0.3) is 0 Å². The minimum absolute atomic E-state index is 0. The van der Waals surface area contributed by atoms with Crippen LogP contribution >= 0.6 is 0 Å². The number of allylic oxidation sites excluding steroid dienone is 2. The Hall–Kier alpha value is -0.183. The van der Waals surface area contributed by atoms with E-state index in [4.69, 9.17) is 0 Å². The molecule has 0 radical (unpaired) electrons. The molecule has 2 aliphatic carbocycles. The average molecular weight is 577 g/mol. The molecular formula is C27H34Cl2Si2Zr. The van der Waals surface area contributed by atoms with E-state index in [1.807, 2.05) is 11.1 Å². The fourth-order valence-electron chi connectivity index (χ4n) is 6.46. The van der Waals surface area contributed by atoms with Crippen molar-refractivity contribution in [2.45, 2.75) is 60.4 Å². The molecule has 1 fully saturated rings. The second-order valence-corrected chi connectivity index (χ2v) is 25.6. The van der Waals surface area contributed by atoms with Crippen molar-refractivity contribution in [1.29, 1.82) is 0 Å². The van der Waals surface area contributed by atoms with Gasteiger partial charge in [-0.2, -0.15) is 0 Å². The van der Waals surface area contributed by atoms with Crippen molar-refractivity contribution in [2.75, 3.05) is 0 Å². The van der Waals surface area contributed by atoms with Gasteiger partial charge in [-0.1, -0.05) is 0 Å². The summed E-state index contributed by atoms with van der Waals surface area (Å²) in [5, 5.41) is 3.59. The maximum absolute atomic E-state index is 2.59. The number of fused-ring (bicyclic) bond motifs is 6. The van der Waals surface area contributed by atoms with E-state index in [1.54, 1.807) is 32.6 Å². The molecule has 1 aliphatic heterocycles. The molecule has 2 atom stereocenters. The average Bonchev–Trinajstić information content (AvgIpc) is 3.16. The van der Waals surface area contributed by atoms with Crippen LogP contribution in [-0.4, -0.2) is 16.1 Å². The standard InChI is InChI=1S/C27H34Si2.2ClH.Zr/c1-27(2,23-17-19-13-9-11-15-21(19)25(23)28(3,4)5)24-18-20-14-10-12-16-22(20)26(24)29(6,7)8;;;/h9-18H,1-8H3;2*1H;/q;;;+2/p-2. The molecule has 2 aromatic rings. The molecule has 0 bridgehead atoms. The van der Waals surface area contributed by atoms with E-state index in [-0.39, 0.29) is 30.2 Å². The Labute approximate surface area is 220 Å². The van der Waals surface area contributed by atoms with E-state index >= 15 is 0 Å². The molecule has 3 aliphatic rings. The van der Waals surface area contributed by atoms with Crippen LogP contribution in [0.25, 0.3) is 10.4 Å². The third-order valence-electron chi connectivity index (χ3n) is 7.38. The summed E-state index contributed by atoms with van der Waals surface area (Å²) in [4.78, 5) is 0. The van der Waals surface area contributed by atoms with E-state index in [0.29, 0.717) is 0 Å². The summed E-state index contributed by atoms with van der Waals surface area (Å²) in [6.07, 6.45) is 0. The Kier molecular flexibility index (Phi) is 7.01. The number of hydrogen-bond donors (Lipinski definition) is 0. The molecule has 0 nitrogen and oxygen atoms in total. The Bertz CT molecular complexity index is 1050.